The molecule has 0 spiro atoms. The Morgan fingerprint density at radius 2 is 1.62 bits per heavy atom. The first-order chi connectivity index (χ1) is 12.7. The Hall–Kier alpha value is -2.56. The summed E-state index contributed by atoms with van der Waals surface area (Å²) < 4.78 is 0. The number of amides is 3. The third-order valence-electron chi connectivity index (χ3n) is 4.97. The van der Waals surface area contributed by atoms with Gasteiger partial charge in [0.05, 0.1) is 5.69 Å². The first-order valence-corrected chi connectivity index (χ1v) is 9.52. The van der Waals surface area contributed by atoms with E-state index in [0.717, 1.165) is 16.5 Å². The van der Waals surface area contributed by atoms with Crippen molar-refractivity contribution in [1.29, 1.82) is 0 Å². The third-order valence-corrected chi connectivity index (χ3v) is 4.97. The number of urea groups is 1. The summed E-state index contributed by atoms with van der Waals surface area (Å²) in [6.07, 6.45) is 6.73. The van der Waals surface area contributed by atoms with Gasteiger partial charge < -0.3 is 16.0 Å². The van der Waals surface area contributed by atoms with Crippen LogP contribution in [0.25, 0.3) is 10.8 Å². The van der Waals surface area contributed by atoms with Gasteiger partial charge in [0.25, 0.3) is 0 Å². The molecule has 0 heterocycles. The molecule has 3 N–H and O–H groups in total. The predicted octanol–water partition coefficient (Wildman–Crippen LogP) is 4.05. The average molecular weight is 353 g/mol. The molecule has 2 aromatic carbocycles. The number of hydrogen-bond acceptors (Lipinski definition) is 2. The first kappa shape index (κ1) is 18.2. The van der Waals surface area contributed by atoms with Gasteiger partial charge in [0, 0.05) is 24.9 Å². The van der Waals surface area contributed by atoms with Gasteiger partial charge >= 0.3 is 6.03 Å². The maximum atomic E-state index is 12.1. The van der Waals surface area contributed by atoms with Crippen LogP contribution in [0.1, 0.15) is 38.5 Å². The maximum absolute atomic E-state index is 12.1. The average Bonchev–Trinajstić information content (AvgIpc) is 2.66. The zero-order chi connectivity index (χ0) is 18.2. The van der Waals surface area contributed by atoms with Gasteiger partial charge in [0.2, 0.25) is 5.91 Å². The Balaban J connectivity index is 1.38. The zero-order valence-electron chi connectivity index (χ0n) is 15.1. The Bertz CT molecular complexity index is 749. The van der Waals surface area contributed by atoms with Crippen LogP contribution in [0.2, 0.25) is 0 Å². The van der Waals surface area contributed by atoms with Crippen LogP contribution in [0.15, 0.2) is 42.5 Å². The summed E-state index contributed by atoms with van der Waals surface area (Å²) >= 11 is 0. The van der Waals surface area contributed by atoms with Crippen LogP contribution < -0.4 is 16.0 Å². The molecular formula is C21H27N3O2. The molecule has 0 saturated heterocycles. The fourth-order valence-corrected chi connectivity index (χ4v) is 3.60. The Kier molecular flexibility index (Phi) is 6.47. The van der Waals surface area contributed by atoms with Crippen molar-refractivity contribution in [1.82, 2.24) is 10.6 Å². The Morgan fingerprint density at radius 1 is 0.885 bits per heavy atom. The van der Waals surface area contributed by atoms with Crippen LogP contribution >= 0.6 is 0 Å². The predicted molar refractivity (Wildman–Crippen MR) is 105 cm³/mol. The second-order valence-electron chi connectivity index (χ2n) is 6.97. The van der Waals surface area contributed by atoms with E-state index in [1.165, 1.54) is 32.1 Å². The van der Waals surface area contributed by atoms with E-state index in [2.05, 4.69) is 16.0 Å². The lowest BCUT2D eigenvalue weighted by atomic mass is 9.87. The van der Waals surface area contributed by atoms with E-state index < -0.39 is 0 Å². The van der Waals surface area contributed by atoms with E-state index in [-0.39, 0.29) is 11.9 Å². The summed E-state index contributed by atoms with van der Waals surface area (Å²) in [7, 11) is 0. The van der Waals surface area contributed by atoms with Crippen LogP contribution in [0.4, 0.5) is 10.5 Å². The summed E-state index contributed by atoms with van der Waals surface area (Å²) in [5, 5.41) is 10.7. The van der Waals surface area contributed by atoms with Crippen molar-refractivity contribution in [2.45, 2.75) is 38.5 Å². The number of benzene rings is 2. The molecule has 5 heteroatoms. The second kappa shape index (κ2) is 9.22. The standard InChI is InChI=1S/C21H27N3O2/c25-20(15-16-7-2-1-3-8-16)22-13-14-23-21(26)24-19-12-6-10-17-9-4-5-11-18(17)19/h4-6,9-12,16H,1-3,7-8,13-15H2,(H,22,25)(H2,23,24,26). The molecule has 26 heavy (non-hydrogen) atoms. The van der Waals surface area contributed by atoms with E-state index in [1.54, 1.807) is 0 Å². The molecule has 1 aliphatic carbocycles. The number of anilines is 1. The summed E-state index contributed by atoms with van der Waals surface area (Å²) in [6.45, 7) is 0.863. The van der Waals surface area contributed by atoms with Gasteiger partial charge in [-0.05, 0) is 30.2 Å². The molecule has 0 atom stereocenters. The second-order valence-corrected chi connectivity index (χ2v) is 6.97. The van der Waals surface area contributed by atoms with Crippen molar-refractivity contribution in [2.75, 3.05) is 18.4 Å². The van der Waals surface area contributed by atoms with Gasteiger partial charge in [-0.25, -0.2) is 4.79 Å². The van der Waals surface area contributed by atoms with Gasteiger partial charge in [0.1, 0.15) is 0 Å². The molecule has 0 radical (unpaired) electrons. The normalized spacial score (nSPS) is 14.8. The molecule has 1 saturated carbocycles. The summed E-state index contributed by atoms with van der Waals surface area (Å²) in [6, 6.07) is 13.5. The maximum Gasteiger partial charge on any atom is 0.319 e. The van der Waals surface area contributed by atoms with Crippen molar-refractivity contribution in [3.63, 3.8) is 0 Å². The fraction of sp³-hybridized carbons (Fsp3) is 0.429. The SMILES string of the molecule is O=C(CC1CCCCC1)NCCNC(=O)Nc1cccc2ccccc12. The number of nitrogens with one attached hydrogen (secondary N) is 3. The van der Waals surface area contributed by atoms with Crippen molar-refractivity contribution < 1.29 is 9.59 Å². The lowest BCUT2D eigenvalue weighted by molar-refractivity contribution is -0.122. The quantitative estimate of drug-likeness (QED) is 0.686. The highest BCUT2D eigenvalue weighted by Gasteiger charge is 2.16. The number of hydrogen-bond donors (Lipinski definition) is 3. The smallest absolute Gasteiger partial charge is 0.319 e. The summed E-state index contributed by atoms with van der Waals surface area (Å²) in [4.78, 5) is 24.0. The molecule has 0 unspecified atom stereocenters. The van der Waals surface area contributed by atoms with E-state index in [0.29, 0.717) is 25.4 Å². The van der Waals surface area contributed by atoms with Crippen molar-refractivity contribution in [2.24, 2.45) is 5.92 Å². The van der Waals surface area contributed by atoms with Gasteiger partial charge in [-0.1, -0.05) is 55.7 Å². The molecule has 3 amide bonds. The van der Waals surface area contributed by atoms with Crippen LogP contribution in [0.5, 0.6) is 0 Å². The zero-order valence-corrected chi connectivity index (χ0v) is 15.1. The lowest BCUT2D eigenvalue weighted by Crippen LogP contribution is -2.37. The topological polar surface area (TPSA) is 70.2 Å². The van der Waals surface area contributed by atoms with E-state index >= 15 is 0 Å². The minimum absolute atomic E-state index is 0.0909. The van der Waals surface area contributed by atoms with Gasteiger partial charge in [-0.15, -0.1) is 0 Å². The highest BCUT2D eigenvalue weighted by atomic mass is 16.2. The molecule has 0 aliphatic heterocycles. The molecule has 1 aliphatic rings. The van der Waals surface area contributed by atoms with E-state index in [1.807, 2.05) is 42.5 Å². The van der Waals surface area contributed by atoms with E-state index in [4.69, 9.17) is 0 Å². The van der Waals surface area contributed by atoms with Gasteiger partial charge in [0.15, 0.2) is 0 Å². The Morgan fingerprint density at radius 3 is 2.46 bits per heavy atom. The molecule has 138 valence electrons. The molecule has 5 nitrogen and oxygen atoms in total. The van der Waals surface area contributed by atoms with Gasteiger partial charge in [-0.3, -0.25) is 4.79 Å². The number of carbonyl (C=O) groups is 2. The highest BCUT2D eigenvalue weighted by Crippen LogP contribution is 2.26. The fourth-order valence-electron chi connectivity index (χ4n) is 3.60. The molecule has 1 fully saturated rings. The number of rotatable bonds is 6. The number of fused-ring (bicyclic) bond motifs is 1. The minimum atomic E-state index is -0.261. The molecule has 3 rings (SSSR count). The monoisotopic (exact) mass is 353 g/mol. The van der Waals surface area contributed by atoms with Crippen molar-refractivity contribution in [3.8, 4) is 0 Å². The molecule has 2 aromatic rings. The van der Waals surface area contributed by atoms with Crippen LogP contribution in [0, 0.1) is 5.92 Å². The third kappa shape index (κ3) is 5.22. The molecule has 0 bridgehead atoms. The minimum Gasteiger partial charge on any atom is -0.354 e. The largest absolute Gasteiger partial charge is 0.354 e. The summed E-state index contributed by atoms with van der Waals surface area (Å²) in [5.41, 5.74) is 0.780. The molecule has 0 aromatic heterocycles. The van der Waals surface area contributed by atoms with Crippen molar-refractivity contribution in [3.05, 3.63) is 42.5 Å². The lowest BCUT2D eigenvalue weighted by Gasteiger charge is -2.20. The van der Waals surface area contributed by atoms with Gasteiger partial charge in [-0.2, -0.15) is 0 Å². The highest BCUT2D eigenvalue weighted by molar-refractivity contribution is 6.01. The first-order valence-electron chi connectivity index (χ1n) is 9.52. The number of carbonyl (C=O) groups excluding carboxylic acids is 2. The summed E-state index contributed by atoms with van der Waals surface area (Å²) in [5.74, 6) is 0.625. The van der Waals surface area contributed by atoms with E-state index in [9.17, 15) is 9.59 Å². The molecular weight excluding hydrogens is 326 g/mol. The van der Waals surface area contributed by atoms with Crippen LogP contribution in [0.3, 0.4) is 0 Å². The van der Waals surface area contributed by atoms with Crippen molar-refractivity contribution >= 4 is 28.4 Å². The van der Waals surface area contributed by atoms with Crippen LogP contribution in [-0.4, -0.2) is 25.0 Å². The Labute approximate surface area is 154 Å². The van der Waals surface area contributed by atoms with Crippen LogP contribution in [-0.2, 0) is 4.79 Å².